The van der Waals surface area contributed by atoms with E-state index < -0.39 is 5.60 Å². The highest BCUT2D eigenvalue weighted by molar-refractivity contribution is 5.92. The van der Waals surface area contributed by atoms with Crippen LogP contribution in [-0.2, 0) is 7.05 Å². The fourth-order valence-corrected chi connectivity index (χ4v) is 3.98. The third-order valence-corrected chi connectivity index (χ3v) is 5.26. The predicted molar refractivity (Wildman–Crippen MR) is 75.2 cm³/mol. The molecule has 0 unspecified atom stereocenters. The van der Waals surface area contributed by atoms with Crippen LogP contribution >= 0.6 is 0 Å². The summed E-state index contributed by atoms with van der Waals surface area (Å²) in [6.45, 7) is 3.50. The Bertz CT molecular complexity index is 513. The van der Waals surface area contributed by atoms with Gasteiger partial charge in [0.25, 0.3) is 5.91 Å². The first-order chi connectivity index (χ1) is 9.55. The zero-order chi connectivity index (χ0) is 14.3. The zero-order valence-corrected chi connectivity index (χ0v) is 12.2. The quantitative estimate of drug-likeness (QED) is 0.889. The van der Waals surface area contributed by atoms with Crippen LogP contribution in [0.1, 0.15) is 43.1 Å². The molecule has 1 N–H and O–H groups in total. The van der Waals surface area contributed by atoms with Crippen molar-refractivity contribution in [3.63, 3.8) is 0 Å². The Morgan fingerprint density at radius 2 is 2.35 bits per heavy atom. The third kappa shape index (κ3) is 2.04. The predicted octanol–water partition coefficient (Wildman–Crippen LogP) is 1.43. The van der Waals surface area contributed by atoms with E-state index in [0.717, 1.165) is 32.2 Å². The Morgan fingerprint density at radius 3 is 3.00 bits per heavy atom. The summed E-state index contributed by atoms with van der Waals surface area (Å²) in [5.74, 6) is 0.724. The standard InChI is InChI=1S/C15H23N3O2/c1-3-15(20)7-4-5-11-9-18(10-12(11)15)14(19)13-6-8-16-17(13)2/h6,8,11-12,20H,3-5,7,9-10H2,1-2H3/t11-,12+,15-/m1/s1. The van der Waals surface area contributed by atoms with Gasteiger partial charge in [0.2, 0.25) is 0 Å². The number of rotatable bonds is 2. The number of aromatic nitrogens is 2. The van der Waals surface area contributed by atoms with E-state index in [-0.39, 0.29) is 11.8 Å². The van der Waals surface area contributed by atoms with Crippen molar-refractivity contribution < 1.29 is 9.90 Å². The molecule has 1 aromatic rings. The molecule has 110 valence electrons. The van der Waals surface area contributed by atoms with Gasteiger partial charge >= 0.3 is 0 Å². The summed E-state index contributed by atoms with van der Waals surface area (Å²) < 4.78 is 1.62. The summed E-state index contributed by atoms with van der Waals surface area (Å²) in [6, 6.07) is 1.76. The Morgan fingerprint density at radius 1 is 1.55 bits per heavy atom. The SMILES string of the molecule is CC[C@@]1(O)CCC[C@@H]2CN(C(=O)c3ccnn3C)C[C@@H]21. The fraction of sp³-hybridized carbons (Fsp3) is 0.733. The monoisotopic (exact) mass is 277 g/mol. The van der Waals surface area contributed by atoms with E-state index in [1.807, 2.05) is 11.8 Å². The van der Waals surface area contributed by atoms with Crippen molar-refractivity contribution in [3.8, 4) is 0 Å². The lowest BCUT2D eigenvalue weighted by Gasteiger charge is -2.40. The molecule has 3 atom stereocenters. The molecule has 2 fully saturated rings. The van der Waals surface area contributed by atoms with Gasteiger partial charge in [-0.05, 0) is 31.2 Å². The van der Waals surface area contributed by atoms with Gasteiger partial charge in [0, 0.05) is 32.3 Å². The number of fused-ring (bicyclic) bond motifs is 1. The van der Waals surface area contributed by atoms with Gasteiger partial charge in [-0.15, -0.1) is 0 Å². The highest BCUT2D eigenvalue weighted by Gasteiger charge is 2.48. The molecule has 0 spiro atoms. The van der Waals surface area contributed by atoms with Gasteiger partial charge in [0.05, 0.1) is 5.60 Å². The number of carbonyl (C=O) groups excluding carboxylic acids is 1. The van der Waals surface area contributed by atoms with E-state index in [1.165, 1.54) is 0 Å². The molecule has 0 aromatic carbocycles. The summed E-state index contributed by atoms with van der Waals surface area (Å²) in [7, 11) is 1.79. The fourth-order valence-electron chi connectivity index (χ4n) is 3.98. The summed E-state index contributed by atoms with van der Waals surface area (Å²) in [6.07, 6.45) is 5.50. The Balaban J connectivity index is 1.79. The number of nitrogens with zero attached hydrogens (tertiary/aromatic N) is 3. The van der Waals surface area contributed by atoms with Gasteiger partial charge in [-0.25, -0.2) is 0 Å². The highest BCUT2D eigenvalue weighted by atomic mass is 16.3. The lowest BCUT2D eigenvalue weighted by molar-refractivity contribution is -0.0609. The molecule has 0 bridgehead atoms. The molecule has 5 nitrogen and oxygen atoms in total. The first-order valence-electron chi connectivity index (χ1n) is 7.55. The Kier molecular flexibility index (Phi) is 3.32. The third-order valence-electron chi connectivity index (χ3n) is 5.26. The molecule has 20 heavy (non-hydrogen) atoms. The maximum atomic E-state index is 12.6. The average Bonchev–Trinajstić information content (AvgIpc) is 3.05. The van der Waals surface area contributed by atoms with Crippen molar-refractivity contribution in [2.24, 2.45) is 18.9 Å². The highest BCUT2D eigenvalue weighted by Crippen LogP contribution is 2.44. The molecular formula is C15H23N3O2. The summed E-state index contributed by atoms with van der Waals surface area (Å²) in [4.78, 5) is 14.5. The van der Waals surface area contributed by atoms with Crippen LogP contribution in [0.15, 0.2) is 12.3 Å². The molecular weight excluding hydrogens is 254 g/mol. The van der Waals surface area contributed by atoms with Crippen LogP contribution in [0.25, 0.3) is 0 Å². The molecule has 1 saturated heterocycles. The number of amides is 1. The molecule has 1 saturated carbocycles. The number of aliphatic hydroxyl groups is 1. The van der Waals surface area contributed by atoms with Crippen LogP contribution in [0.5, 0.6) is 0 Å². The maximum Gasteiger partial charge on any atom is 0.272 e. The van der Waals surface area contributed by atoms with E-state index >= 15 is 0 Å². The smallest absolute Gasteiger partial charge is 0.272 e. The summed E-state index contributed by atoms with van der Waals surface area (Å²) >= 11 is 0. The van der Waals surface area contributed by atoms with E-state index in [1.54, 1.807) is 24.0 Å². The van der Waals surface area contributed by atoms with Crippen LogP contribution in [0.3, 0.4) is 0 Å². The van der Waals surface area contributed by atoms with E-state index in [4.69, 9.17) is 0 Å². The van der Waals surface area contributed by atoms with Gasteiger partial charge in [-0.2, -0.15) is 5.10 Å². The second-order valence-electron chi connectivity index (χ2n) is 6.27. The van der Waals surface area contributed by atoms with Crippen LogP contribution in [-0.4, -0.2) is 44.4 Å². The molecule has 0 radical (unpaired) electrons. The van der Waals surface area contributed by atoms with Crippen LogP contribution < -0.4 is 0 Å². The van der Waals surface area contributed by atoms with Gasteiger partial charge in [-0.1, -0.05) is 13.3 Å². The molecule has 1 aromatic heterocycles. The molecule has 2 heterocycles. The van der Waals surface area contributed by atoms with Crippen LogP contribution in [0.2, 0.25) is 0 Å². The molecule has 5 heteroatoms. The van der Waals surface area contributed by atoms with Gasteiger partial charge in [0.1, 0.15) is 5.69 Å². The van der Waals surface area contributed by atoms with Gasteiger partial charge < -0.3 is 10.0 Å². The van der Waals surface area contributed by atoms with Crippen LogP contribution in [0, 0.1) is 11.8 Å². The first-order valence-corrected chi connectivity index (χ1v) is 7.55. The number of hydrogen-bond acceptors (Lipinski definition) is 3. The number of likely N-dealkylation sites (tertiary alicyclic amines) is 1. The normalized spacial score (nSPS) is 33.2. The van der Waals surface area contributed by atoms with Gasteiger partial charge in [-0.3, -0.25) is 9.48 Å². The van der Waals surface area contributed by atoms with Gasteiger partial charge in [0.15, 0.2) is 0 Å². The Labute approximate surface area is 119 Å². The molecule has 1 amide bonds. The number of carbonyl (C=O) groups is 1. The number of hydrogen-bond donors (Lipinski definition) is 1. The first kappa shape index (κ1) is 13.6. The van der Waals surface area contributed by atoms with Crippen molar-refractivity contribution >= 4 is 5.91 Å². The zero-order valence-electron chi connectivity index (χ0n) is 12.2. The van der Waals surface area contributed by atoms with E-state index in [2.05, 4.69) is 5.10 Å². The second-order valence-corrected chi connectivity index (χ2v) is 6.27. The minimum atomic E-state index is -0.579. The summed E-state index contributed by atoms with van der Waals surface area (Å²) in [5.41, 5.74) is 0.0494. The minimum absolute atomic E-state index is 0.0397. The number of aryl methyl sites for hydroxylation is 1. The molecule has 1 aliphatic carbocycles. The largest absolute Gasteiger partial charge is 0.390 e. The van der Waals surface area contributed by atoms with Crippen molar-refractivity contribution in [2.75, 3.05) is 13.1 Å². The Hall–Kier alpha value is -1.36. The van der Waals surface area contributed by atoms with Crippen molar-refractivity contribution in [2.45, 2.75) is 38.2 Å². The van der Waals surface area contributed by atoms with E-state index in [9.17, 15) is 9.90 Å². The van der Waals surface area contributed by atoms with Crippen molar-refractivity contribution in [3.05, 3.63) is 18.0 Å². The maximum absolute atomic E-state index is 12.6. The molecule has 2 aliphatic rings. The van der Waals surface area contributed by atoms with E-state index in [0.29, 0.717) is 18.2 Å². The summed E-state index contributed by atoms with van der Waals surface area (Å²) in [5, 5.41) is 14.8. The average molecular weight is 277 g/mol. The van der Waals surface area contributed by atoms with Crippen LogP contribution in [0.4, 0.5) is 0 Å². The topological polar surface area (TPSA) is 58.4 Å². The lowest BCUT2D eigenvalue weighted by atomic mass is 9.69. The van der Waals surface area contributed by atoms with Crippen molar-refractivity contribution in [1.29, 1.82) is 0 Å². The van der Waals surface area contributed by atoms with Crippen molar-refractivity contribution in [1.82, 2.24) is 14.7 Å². The second kappa shape index (κ2) is 4.88. The minimum Gasteiger partial charge on any atom is -0.390 e. The molecule has 3 rings (SSSR count). The lowest BCUT2D eigenvalue weighted by Crippen LogP contribution is -2.44. The molecule has 1 aliphatic heterocycles.